The predicted octanol–water partition coefficient (Wildman–Crippen LogP) is 2.63. The van der Waals surface area contributed by atoms with Gasteiger partial charge >= 0.3 is 5.97 Å². The third-order valence-corrected chi connectivity index (χ3v) is 4.15. The van der Waals surface area contributed by atoms with Gasteiger partial charge in [0.1, 0.15) is 5.25 Å². The largest absolute Gasteiger partial charge is 0.468 e. The Labute approximate surface area is 127 Å². The molecule has 6 heteroatoms. The molecule has 2 rings (SSSR count). The van der Waals surface area contributed by atoms with Crippen molar-refractivity contribution in [1.29, 1.82) is 0 Å². The lowest BCUT2D eigenvalue weighted by atomic mass is 10.2. The normalized spacial score (nSPS) is 12.6. The monoisotopic (exact) mass is 306 g/mol. The number of aromatic nitrogens is 2. The molecule has 2 aromatic rings. The van der Waals surface area contributed by atoms with E-state index < -0.39 is 5.25 Å². The minimum atomic E-state index is -0.423. The first-order chi connectivity index (χ1) is 9.95. The van der Waals surface area contributed by atoms with Gasteiger partial charge in [-0.2, -0.15) is 0 Å². The highest BCUT2D eigenvalue weighted by Crippen LogP contribution is 2.25. The number of nitrogens with zero attached hydrogens (tertiary/aromatic N) is 2. The van der Waals surface area contributed by atoms with Crippen molar-refractivity contribution in [2.75, 3.05) is 7.11 Å². The molecule has 0 aliphatic heterocycles. The first kappa shape index (κ1) is 15.6. The first-order valence-electron chi connectivity index (χ1n) is 6.71. The van der Waals surface area contributed by atoms with Gasteiger partial charge in [-0.3, -0.25) is 14.2 Å². The smallest absolute Gasteiger partial charge is 0.318 e. The van der Waals surface area contributed by atoms with Crippen LogP contribution in [0.15, 0.2) is 34.2 Å². The van der Waals surface area contributed by atoms with Crippen LogP contribution in [-0.4, -0.2) is 27.9 Å². The van der Waals surface area contributed by atoms with Gasteiger partial charge in [-0.05, 0) is 32.9 Å². The van der Waals surface area contributed by atoms with Gasteiger partial charge in [-0.25, -0.2) is 4.98 Å². The number of carbonyl (C=O) groups is 1. The third-order valence-electron chi connectivity index (χ3n) is 3.11. The Morgan fingerprint density at radius 2 is 1.95 bits per heavy atom. The number of fused-ring (bicyclic) bond motifs is 1. The maximum atomic E-state index is 12.6. The number of methoxy groups -OCH3 is 1. The van der Waals surface area contributed by atoms with Gasteiger partial charge < -0.3 is 4.74 Å². The summed E-state index contributed by atoms with van der Waals surface area (Å²) in [5.41, 5.74) is 0.550. The molecule has 0 saturated carbocycles. The molecule has 1 aromatic heterocycles. The van der Waals surface area contributed by atoms with Crippen molar-refractivity contribution in [3.8, 4) is 0 Å². The third kappa shape index (κ3) is 3.10. The van der Waals surface area contributed by atoms with E-state index in [2.05, 4.69) is 4.98 Å². The lowest BCUT2D eigenvalue weighted by Crippen LogP contribution is -2.26. The minimum Gasteiger partial charge on any atom is -0.468 e. The maximum absolute atomic E-state index is 12.6. The number of carbonyl (C=O) groups excluding carboxylic acids is 1. The standard InChI is InChI=1S/C15H18N2O3S/c1-9(2)17-13(18)11-7-5-6-8-12(11)16-15(17)21-10(3)14(19)20-4/h5-10H,1-4H3/t10-/m0/s1. The van der Waals surface area contributed by atoms with Gasteiger partial charge in [-0.15, -0.1) is 0 Å². The molecule has 1 aromatic carbocycles. The zero-order valence-electron chi connectivity index (χ0n) is 12.5. The van der Waals surface area contributed by atoms with Gasteiger partial charge in [0.15, 0.2) is 5.16 Å². The van der Waals surface area contributed by atoms with E-state index in [1.165, 1.54) is 18.9 Å². The van der Waals surface area contributed by atoms with E-state index >= 15 is 0 Å². The lowest BCUT2D eigenvalue weighted by Gasteiger charge is -2.17. The first-order valence-corrected chi connectivity index (χ1v) is 7.59. The second kappa shape index (κ2) is 6.30. The second-order valence-corrected chi connectivity index (χ2v) is 6.27. The van der Waals surface area contributed by atoms with Crippen LogP contribution in [0.2, 0.25) is 0 Å². The fourth-order valence-corrected chi connectivity index (χ4v) is 3.10. The predicted molar refractivity (Wildman–Crippen MR) is 83.7 cm³/mol. The van der Waals surface area contributed by atoms with Crippen molar-refractivity contribution in [3.63, 3.8) is 0 Å². The average Bonchev–Trinajstić information content (AvgIpc) is 2.46. The number of hydrogen-bond donors (Lipinski definition) is 0. The highest BCUT2D eigenvalue weighted by Gasteiger charge is 2.20. The van der Waals surface area contributed by atoms with E-state index in [0.717, 1.165) is 0 Å². The zero-order valence-corrected chi connectivity index (χ0v) is 13.3. The summed E-state index contributed by atoms with van der Waals surface area (Å²) in [6.07, 6.45) is 0. The highest BCUT2D eigenvalue weighted by atomic mass is 32.2. The Morgan fingerprint density at radius 1 is 1.29 bits per heavy atom. The summed E-state index contributed by atoms with van der Waals surface area (Å²) in [6, 6.07) is 7.18. The molecule has 0 spiro atoms. The van der Waals surface area contributed by atoms with Gasteiger partial charge in [-0.1, -0.05) is 23.9 Å². The van der Waals surface area contributed by atoms with Crippen LogP contribution in [0.25, 0.3) is 10.9 Å². The molecule has 0 saturated heterocycles. The van der Waals surface area contributed by atoms with Crippen LogP contribution in [-0.2, 0) is 9.53 Å². The fourth-order valence-electron chi connectivity index (χ4n) is 2.04. The number of thioether (sulfide) groups is 1. The van der Waals surface area contributed by atoms with E-state index in [1.54, 1.807) is 23.6 Å². The fraction of sp³-hybridized carbons (Fsp3) is 0.400. The number of benzene rings is 1. The summed E-state index contributed by atoms with van der Waals surface area (Å²) in [4.78, 5) is 28.7. The van der Waals surface area contributed by atoms with Crippen molar-refractivity contribution < 1.29 is 9.53 Å². The van der Waals surface area contributed by atoms with Gasteiger partial charge in [0, 0.05) is 6.04 Å². The van der Waals surface area contributed by atoms with Crippen LogP contribution in [0.3, 0.4) is 0 Å². The molecule has 0 amide bonds. The van der Waals surface area contributed by atoms with Gasteiger partial charge in [0.25, 0.3) is 5.56 Å². The van der Waals surface area contributed by atoms with E-state index in [4.69, 9.17) is 4.74 Å². The molecule has 0 bridgehead atoms. The number of ether oxygens (including phenoxy) is 1. The number of esters is 1. The van der Waals surface area contributed by atoms with Crippen molar-refractivity contribution in [2.45, 2.75) is 37.2 Å². The molecule has 0 aliphatic rings. The van der Waals surface area contributed by atoms with Crippen LogP contribution in [0.4, 0.5) is 0 Å². The Balaban J connectivity index is 2.58. The summed E-state index contributed by atoms with van der Waals surface area (Å²) >= 11 is 1.24. The van der Waals surface area contributed by atoms with Crippen LogP contribution in [0, 0.1) is 0 Å². The number of hydrogen-bond acceptors (Lipinski definition) is 5. The molecular weight excluding hydrogens is 288 g/mol. The van der Waals surface area contributed by atoms with Crippen LogP contribution in [0.1, 0.15) is 26.8 Å². The summed E-state index contributed by atoms with van der Waals surface area (Å²) in [5, 5.41) is 0.695. The summed E-state index contributed by atoms with van der Waals surface area (Å²) in [7, 11) is 1.35. The maximum Gasteiger partial charge on any atom is 0.318 e. The molecule has 0 radical (unpaired) electrons. The Morgan fingerprint density at radius 3 is 2.57 bits per heavy atom. The number of rotatable bonds is 4. The Hall–Kier alpha value is -1.82. The molecule has 112 valence electrons. The molecule has 0 aliphatic carbocycles. The molecule has 0 fully saturated rings. The molecular formula is C15H18N2O3S. The SMILES string of the molecule is COC(=O)[C@H](C)Sc1nc2ccccc2c(=O)n1C(C)C. The molecule has 5 nitrogen and oxygen atoms in total. The summed E-state index contributed by atoms with van der Waals surface area (Å²) in [5.74, 6) is -0.335. The van der Waals surface area contributed by atoms with Crippen molar-refractivity contribution in [2.24, 2.45) is 0 Å². The summed E-state index contributed by atoms with van der Waals surface area (Å²) in [6.45, 7) is 5.58. The van der Waals surface area contributed by atoms with Gasteiger partial charge in [0.2, 0.25) is 0 Å². The highest BCUT2D eigenvalue weighted by molar-refractivity contribution is 8.00. The van der Waals surface area contributed by atoms with Crippen molar-refractivity contribution in [3.05, 3.63) is 34.6 Å². The minimum absolute atomic E-state index is 0.0399. The van der Waals surface area contributed by atoms with Crippen LogP contribution >= 0.6 is 11.8 Å². The lowest BCUT2D eigenvalue weighted by molar-refractivity contribution is -0.139. The Kier molecular flexibility index (Phi) is 4.67. The topological polar surface area (TPSA) is 61.2 Å². The molecule has 0 unspecified atom stereocenters. The van der Waals surface area contributed by atoms with Crippen molar-refractivity contribution >= 4 is 28.6 Å². The zero-order chi connectivity index (χ0) is 15.6. The summed E-state index contributed by atoms with van der Waals surface area (Å²) < 4.78 is 6.34. The molecule has 1 heterocycles. The molecule has 1 atom stereocenters. The van der Waals surface area contributed by atoms with Crippen LogP contribution < -0.4 is 5.56 Å². The van der Waals surface area contributed by atoms with Crippen LogP contribution in [0.5, 0.6) is 0 Å². The second-order valence-electron chi connectivity index (χ2n) is 4.96. The van der Waals surface area contributed by atoms with E-state index in [-0.39, 0.29) is 17.6 Å². The molecule has 0 N–H and O–H groups in total. The van der Waals surface area contributed by atoms with Crippen molar-refractivity contribution in [1.82, 2.24) is 9.55 Å². The van der Waals surface area contributed by atoms with E-state index in [9.17, 15) is 9.59 Å². The van der Waals surface area contributed by atoms with E-state index in [0.29, 0.717) is 16.1 Å². The Bertz CT molecular complexity index is 724. The van der Waals surface area contributed by atoms with E-state index in [1.807, 2.05) is 26.0 Å². The number of para-hydroxylation sites is 1. The van der Waals surface area contributed by atoms with Gasteiger partial charge in [0.05, 0.1) is 18.0 Å². The molecule has 21 heavy (non-hydrogen) atoms. The quantitative estimate of drug-likeness (QED) is 0.494. The average molecular weight is 306 g/mol.